The summed E-state index contributed by atoms with van der Waals surface area (Å²) in [6, 6.07) is 6.55. The number of alkyl halides is 3. The van der Waals surface area contributed by atoms with Gasteiger partial charge >= 0.3 is 0 Å². The summed E-state index contributed by atoms with van der Waals surface area (Å²) >= 11 is 8.78. The van der Waals surface area contributed by atoms with E-state index in [1.54, 1.807) is 24.3 Å². The molecule has 0 amide bonds. The number of halogens is 4. The van der Waals surface area contributed by atoms with Gasteiger partial charge in [-0.15, -0.1) is 11.6 Å². The van der Waals surface area contributed by atoms with Crippen LogP contribution in [0.1, 0.15) is 17.9 Å². The van der Waals surface area contributed by atoms with Gasteiger partial charge in [0.25, 0.3) is 5.92 Å². The second kappa shape index (κ2) is 3.93. The topological polar surface area (TPSA) is 0 Å². The van der Waals surface area contributed by atoms with Crippen LogP contribution in [0.25, 0.3) is 0 Å². The summed E-state index contributed by atoms with van der Waals surface area (Å²) in [5, 5.41) is -1.26. The van der Waals surface area contributed by atoms with Crippen molar-refractivity contribution in [2.24, 2.45) is 0 Å². The van der Waals surface area contributed by atoms with E-state index < -0.39 is 11.3 Å². The van der Waals surface area contributed by atoms with Gasteiger partial charge in [0.2, 0.25) is 0 Å². The molecule has 0 aliphatic carbocycles. The summed E-state index contributed by atoms with van der Waals surface area (Å²) in [6.07, 6.45) is 0. The zero-order valence-electron chi connectivity index (χ0n) is 6.90. The lowest BCUT2D eigenvalue weighted by atomic mass is 10.1. The Kier molecular flexibility index (Phi) is 3.30. The van der Waals surface area contributed by atoms with Crippen LogP contribution in [0, 0.1) is 0 Å². The van der Waals surface area contributed by atoms with Gasteiger partial charge in [0.1, 0.15) is 5.38 Å². The fourth-order valence-corrected chi connectivity index (χ4v) is 1.33. The maximum Gasteiger partial charge on any atom is 0.265 e. The molecule has 0 saturated heterocycles. The van der Waals surface area contributed by atoms with Crippen molar-refractivity contribution in [3.63, 3.8) is 0 Å². The van der Waals surface area contributed by atoms with Crippen molar-refractivity contribution in [2.45, 2.75) is 18.2 Å². The molecule has 0 spiro atoms. The van der Waals surface area contributed by atoms with Gasteiger partial charge in [-0.1, -0.05) is 28.1 Å². The first-order valence-corrected chi connectivity index (χ1v) is 4.91. The van der Waals surface area contributed by atoms with E-state index in [9.17, 15) is 8.78 Å². The average Bonchev–Trinajstić information content (AvgIpc) is 2.03. The summed E-state index contributed by atoms with van der Waals surface area (Å²) in [4.78, 5) is 0. The number of hydrogen-bond donors (Lipinski definition) is 0. The molecule has 0 saturated carbocycles. The predicted octanol–water partition coefficient (Wildman–Crippen LogP) is 4.38. The fourth-order valence-electron chi connectivity index (χ4n) is 0.924. The Morgan fingerprint density at radius 3 is 2.15 bits per heavy atom. The molecule has 0 nitrogen and oxygen atoms in total. The van der Waals surface area contributed by atoms with Gasteiger partial charge < -0.3 is 0 Å². The second-order valence-electron chi connectivity index (χ2n) is 2.87. The minimum atomic E-state index is -2.89. The molecule has 1 atom stereocenters. The van der Waals surface area contributed by atoms with Gasteiger partial charge in [0, 0.05) is 11.4 Å². The molecule has 4 heteroatoms. The van der Waals surface area contributed by atoms with Crippen LogP contribution in [0.3, 0.4) is 0 Å². The second-order valence-corrected chi connectivity index (χ2v) is 4.22. The molecule has 1 rings (SSSR count). The van der Waals surface area contributed by atoms with Crippen molar-refractivity contribution in [1.29, 1.82) is 0 Å². The van der Waals surface area contributed by atoms with Gasteiger partial charge in [0.15, 0.2) is 0 Å². The molecule has 0 N–H and O–H groups in total. The van der Waals surface area contributed by atoms with E-state index in [1.165, 1.54) is 0 Å². The maximum atomic E-state index is 12.8. The highest BCUT2D eigenvalue weighted by atomic mass is 79.9. The zero-order valence-corrected chi connectivity index (χ0v) is 9.24. The van der Waals surface area contributed by atoms with E-state index in [2.05, 4.69) is 15.9 Å². The highest BCUT2D eigenvalue weighted by Gasteiger charge is 2.33. The third-order valence-electron chi connectivity index (χ3n) is 1.61. The van der Waals surface area contributed by atoms with E-state index >= 15 is 0 Å². The Bertz CT molecular complexity index is 279. The van der Waals surface area contributed by atoms with Crippen molar-refractivity contribution >= 4 is 27.5 Å². The molecule has 0 fully saturated rings. The maximum absolute atomic E-state index is 12.8. The molecule has 1 aromatic rings. The summed E-state index contributed by atoms with van der Waals surface area (Å²) < 4.78 is 26.4. The molecule has 0 heterocycles. The Hall–Kier alpha value is -0.150. The first-order chi connectivity index (χ1) is 5.91. The fraction of sp³-hybridized carbons (Fsp3) is 0.333. The smallest absolute Gasteiger partial charge is 0.205 e. The average molecular weight is 270 g/mol. The lowest BCUT2D eigenvalue weighted by Crippen LogP contribution is -2.17. The SMILES string of the molecule is CC(F)(F)C(Cl)c1ccc(Br)cc1. The third-order valence-corrected chi connectivity index (χ3v) is 2.77. The Balaban J connectivity index is 2.90. The molecular formula is C9H8BrClF2. The van der Waals surface area contributed by atoms with Crippen LogP contribution in [0.5, 0.6) is 0 Å². The summed E-state index contributed by atoms with van der Waals surface area (Å²) in [5.41, 5.74) is 0.428. The van der Waals surface area contributed by atoms with Gasteiger partial charge in [-0.3, -0.25) is 0 Å². The number of hydrogen-bond acceptors (Lipinski definition) is 0. The highest BCUT2D eigenvalue weighted by Crippen LogP contribution is 2.36. The molecule has 1 unspecified atom stereocenters. The van der Waals surface area contributed by atoms with E-state index in [0.717, 1.165) is 11.4 Å². The van der Waals surface area contributed by atoms with E-state index in [1.807, 2.05) is 0 Å². The summed E-state index contributed by atoms with van der Waals surface area (Å²) in [7, 11) is 0. The Morgan fingerprint density at radius 2 is 1.77 bits per heavy atom. The Morgan fingerprint density at radius 1 is 1.31 bits per heavy atom. The molecule has 13 heavy (non-hydrogen) atoms. The van der Waals surface area contributed by atoms with Gasteiger partial charge in [0.05, 0.1) is 0 Å². The first kappa shape index (κ1) is 10.9. The van der Waals surface area contributed by atoms with E-state index in [0.29, 0.717) is 5.56 Å². The highest BCUT2D eigenvalue weighted by molar-refractivity contribution is 9.10. The first-order valence-electron chi connectivity index (χ1n) is 3.68. The van der Waals surface area contributed by atoms with Crippen molar-refractivity contribution in [3.8, 4) is 0 Å². The van der Waals surface area contributed by atoms with Gasteiger partial charge in [-0.25, -0.2) is 8.78 Å². The molecule has 0 aromatic heterocycles. The predicted molar refractivity (Wildman–Crippen MR) is 53.4 cm³/mol. The van der Waals surface area contributed by atoms with Crippen LogP contribution in [0.15, 0.2) is 28.7 Å². The van der Waals surface area contributed by atoms with Crippen LogP contribution < -0.4 is 0 Å². The van der Waals surface area contributed by atoms with Crippen molar-refractivity contribution in [3.05, 3.63) is 34.3 Å². The van der Waals surface area contributed by atoms with Gasteiger partial charge in [-0.2, -0.15) is 0 Å². The number of rotatable bonds is 2. The monoisotopic (exact) mass is 268 g/mol. The van der Waals surface area contributed by atoms with Crippen LogP contribution in [-0.4, -0.2) is 5.92 Å². The molecule has 1 aromatic carbocycles. The molecular weight excluding hydrogens is 261 g/mol. The molecule has 0 radical (unpaired) electrons. The minimum Gasteiger partial charge on any atom is -0.205 e. The summed E-state index contributed by atoms with van der Waals surface area (Å²) in [6.45, 7) is 0.812. The quantitative estimate of drug-likeness (QED) is 0.699. The summed E-state index contributed by atoms with van der Waals surface area (Å²) in [5.74, 6) is -2.89. The van der Waals surface area contributed by atoms with Crippen LogP contribution in [0.2, 0.25) is 0 Å². The third kappa shape index (κ3) is 2.92. The van der Waals surface area contributed by atoms with Crippen LogP contribution in [0.4, 0.5) is 8.78 Å². The number of benzene rings is 1. The van der Waals surface area contributed by atoms with Crippen LogP contribution in [-0.2, 0) is 0 Å². The normalized spacial score (nSPS) is 14.2. The van der Waals surface area contributed by atoms with Crippen LogP contribution >= 0.6 is 27.5 Å². The lowest BCUT2D eigenvalue weighted by molar-refractivity contribution is 0.0169. The lowest BCUT2D eigenvalue weighted by Gasteiger charge is -2.17. The van der Waals surface area contributed by atoms with Crippen molar-refractivity contribution in [2.75, 3.05) is 0 Å². The van der Waals surface area contributed by atoms with Crippen molar-refractivity contribution < 1.29 is 8.78 Å². The van der Waals surface area contributed by atoms with Crippen molar-refractivity contribution in [1.82, 2.24) is 0 Å². The van der Waals surface area contributed by atoms with E-state index in [4.69, 9.17) is 11.6 Å². The molecule has 0 bridgehead atoms. The Labute approximate surface area is 89.0 Å². The largest absolute Gasteiger partial charge is 0.265 e. The van der Waals surface area contributed by atoms with E-state index in [-0.39, 0.29) is 0 Å². The molecule has 0 aliphatic heterocycles. The minimum absolute atomic E-state index is 0.428. The van der Waals surface area contributed by atoms with Gasteiger partial charge in [-0.05, 0) is 17.7 Å². The zero-order chi connectivity index (χ0) is 10.1. The molecule has 72 valence electrons. The molecule has 0 aliphatic rings. The standard InChI is InChI=1S/C9H8BrClF2/c1-9(12,13)8(11)6-2-4-7(10)5-3-6/h2-5,8H,1H3.